The van der Waals surface area contributed by atoms with Crippen LogP contribution in [0.1, 0.15) is 20.8 Å². The van der Waals surface area contributed by atoms with Crippen LogP contribution >= 0.6 is 23.2 Å². The van der Waals surface area contributed by atoms with Gasteiger partial charge in [-0.2, -0.15) is 0 Å². The number of carbonyl (C=O) groups excluding carboxylic acids is 3. The number of halogens is 4. The van der Waals surface area contributed by atoms with Crippen molar-refractivity contribution in [3.63, 3.8) is 0 Å². The second-order valence-electron chi connectivity index (χ2n) is 5.06. The van der Waals surface area contributed by atoms with Crippen molar-refractivity contribution in [1.29, 1.82) is 0 Å². The van der Waals surface area contributed by atoms with Gasteiger partial charge in [-0.3, -0.25) is 14.4 Å². The third kappa shape index (κ3) is 11.8. The molecule has 0 spiro atoms. The Morgan fingerprint density at radius 2 is 1.36 bits per heavy atom. The van der Waals surface area contributed by atoms with Crippen LogP contribution in [0.4, 0.5) is 20.2 Å². The lowest BCUT2D eigenvalue weighted by Crippen LogP contribution is -2.07. The van der Waals surface area contributed by atoms with Gasteiger partial charge in [-0.05, 0) is 36.4 Å². The molecule has 0 aliphatic carbocycles. The Morgan fingerprint density at radius 1 is 0.893 bits per heavy atom. The van der Waals surface area contributed by atoms with E-state index in [0.717, 1.165) is 6.07 Å². The summed E-state index contributed by atoms with van der Waals surface area (Å²) in [5.74, 6) is -2.43. The molecule has 10 heteroatoms. The first-order chi connectivity index (χ1) is 12.9. The van der Waals surface area contributed by atoms with E-state index in [9.17, 15) is 23.2 Å². The number of esters is 2. The van der Waals surface area contributed by atoms with Crippen LogP contribution in [0.3, 0.4) is 0 Å². The SMILES string of the molecule is CC(=O)Nc1ccc(Cl)cc1F.CC(=O)OC(C)=O.Nc1ccc(Cl)cc1F. The number of anilines is 2. The summed E-state index contributed by atoms with van der Waals surface area (Å²) in [5.41, 5.74) is 5.42. The van der Waals surface area contributed by atoms with E-state index in [1.807, 2.05) is 0 Å². The van der Waals surface area contributed by atoms with Gasteiger partial charge in [0.15, 0.2) is 0 Å². The molecule has 0 aliphatic rings. The molecule has 0 unspecified atom stereocenters. The fourth-order valence-corrected chi connectivity index (χ4v) is 1.80. The average Bonchev–Trinajstić information content (AvgIpc) is 2.53. The second-order valence-corrected chi connectivity index (χ2v) is 5.93. The topological polar surface area (TPSA) is 98.5 Å². The van der Waals surface area contributed by atoms with Gasteiger partial charge in [-0.15, -0.1) is 0 Å². The number of hydrogen-bond acceptors (Lipinski definition) is 5. The summed E-state index contributed by atoms with van der Waals surface area (Å²) >= 11 is 10.9. The van der Waals surface area contributed by atoms with E-state index in [1.165, 1.54) is 45.0 Å². The smallest absolute Gasteiger partial charge is 0.310 e. The maximum absolute atomic E-state index is 12.9. The number of nitrogen functional groups attached to an aromatic ring is 1. The molecular formula is C18H18Cl2F2N2O4. The van der Waals surface area contributed by atoms with Crippen molar-refractivity contribution in [1.82, 2.24) is 0 Å². The third-order valence-corrected chi connectivity index (χ3v) is 2.96. The molecule has 0 fully saturated rings. The van der Waals surface area contributed by atoms with Crippen molar-refractivity contribution in [2.75, 3.05) is 11.1 Å². The highest BCUT2D eigenvalue weighted by molar-refractivity contribution is 6.30. The molecule has 0 aromatic heterocycles. The first kappa shape index (κ1) is 25.3. The molecule has 2 aromatic carbocycles. The maximum atomic E-state index is 12.9. The molecule has 28 heavy (non-hydrogen) atoms. The predicted octanol–water partition coefficient (Wildman–Crippen LogP) is 4.59. The Kier molecular flexibility index (Phi) is 11.4. The van der Waals surface area contributed by atoms with Crippen LogP contribution < -0.4 is 11.1 Å². The van der Waals surface area contributed by atoms with Gasteiger partial charge in [0, 0.05) is 30.8 Å². The lowest BCUT2D eigenvalue weighted by Gasteiger charge is -2.02. The number of rotatable bonds is 1. The van der Waals surface area contributed by atoms with Crippen molar-refractivity contribution in [2.45, 2.75) is 20.8 Å². The Hall–Kier alpha value is -2.71. The molecule has 0 heterocycles. The molecule has 0 radical (unpaired) electrons. The molecule has 6 nitrogen and oxygen atoms in total. The summed E-state index contributed by atoms with van der Waals surface area (Å²) in [6.45, 7) is 3.68. The van der Waals surface area contributed by atoms with Crippen molar-refractivity contribution in [3.05, 3.63) is 58.1 Å². The van der Waals surface area contributed by atoms with Gasteiger partial charge in [-0.1, -0.05) is 23.2 Å². The highest BCUT2D eigenvalue weighted by Crippen LogP contribution is 2.18. The van der Waals surface area contributed by atoms with Gasteiger partial charge < -0.3 is 15.8 Å². The minimum Gasteiger partial charge on any atom is -0.396 e. The molecule has 0 atom stereocenters. The molecule has 0 saturated carbocycles. The molecule has 0 saturated heterocycles. The van der Waals surface area contributed by atoms with Gasteiger partial charge >= 0.3 is 11.9 Å². The highest BCUT2D eigenvalue weighted by atomic mass is 35.5. The molecule has 1 amide bonds. The minimum atomic E-state index is -0.562. The van der Waals surface area contributed by atoms with Gasteiger partial charge in [0.05, 0.1) is 11.4 Å². The van der Waals surface area contributed by atoms with Crippen LogP contribution in [0.5, 0.6) is 0 Å². The van der Waals surface area contributed by atoms with Crippen molar-refractivity contribution in [2.24, 2.45) is 0 Å². The Morgan fingerprint density at radius 3 is 1.68 bits per heavy atom. The Balaban J connectivity index is 0.000000408. The van der Waals surface area contributed by atoms with Gasteiger partial charge in [0.25, 0.3) is 0 Å². The van der Waals surface area contributed by atoms with E-state index in [1.54, 1.807) is 6.07 Å². The van der Waals surface area contributed by atoms with Crippen LogP contribution in [0, 0.1) is 11.6 Å². The van der Waals surface area contributed by atoms with E-state index >= 15 is 0 Å². The lowest BCUT2D eigenvalue weighted by atomic mass is 10.3. The molecular weight excluding hydrogens is 417 g/mol. The van der Waals surface area contributed by atoms with Crippen LogP contribution in [0.2, 0.25) is 10.0 Å². The summed E-state index contributed by atoms with van der Waals surface area (Å²) in [5, 5.41) is 3.00. The van der Waals surface area contributed by atoms with Gasteiger partial charge in [0.1, 0.15) is 11.6 Å². The van der Waals surface area contributed by atoms with E-state index < -0.39 is 23.6 Å². The number of ether oxygens (including phenoxy) is 1. The fourth-order valence-electron chi connectivity index (χ4n) is 1.48. The number of nitrogens with two attached hydrogens (primary N) is 1. The van der Waals surface area contributed by atoms with Gasteiger partial charge in [0.2, 0.25) is 5.91 Å². The third-order valence-electron chi connectivity index (χ3n) is 2.49. The van der Waals surface area contributed by atoms with E-state index in [4.69, 9.17) is 28.9 Å². The number of benzene rings is 2. The van der Waals surface area contributed by atoms with Crippen LogP contribution in [0.25, 0.3) is 0 Å². The van der Waals surface area contributed by atoms with Crippen LogP contribution in [-0.4, -0.2) is 17.8 Å². The molecule has 0 aliphatic heterocycles. The summed E-state index contributed by atoms with van der Waals surface area (Å²) in [7, 11) is 0. The summed E-state index contributed by atoms with van der Waals surface area (Å²) in [6, 6.07) is 8.22. The standard InChI is InChI=1S/C8H7ClFNO.C6H5ClFN.C4H6O3/c1-5(12)11-8-3-2-6(9)4-7(8)10;7-4-1-2-6(9)5(8)3-4;1-3(5)7-4(2)6/h2-4H,1H3,(H,11,12);1-3H,9H2;1-2H3. The van der Waals surface area contributed by atoms with E-state index in [-0.39, 0.29) is 17.3 Å². The van der Waals surface area contributed by atoms with Crippen LogP contribution in [-0.2, 0) is 19.1 Å². The first-order valence-corrected chi connectivity index (χ1v) is 8.30. The quantitative estimate of drug-likeness (QED) is 0.388. The van der Waals surface area contributed by atoms with Crippen molar-refractivity contribution in [3.8, 4) is 0 Å². The zero-order chi connectivity index (χ0) is 21.9. The number of nitrogens with one attached hydrogen (secondary N) is 1. The van der Waals surface area contributed by atoms with E-state index in [2.05, 4.69) is 10.1 Å². The normalized spacial score (nSPS) is 9.11. The predicted molar refractivity (Wildman–Crippen MR) is 104 cm³/mol. The van der Waals surface area contributed by atoms with Crippen molar-refractivity contribution < 1.29 is 27.9 Å². The van der Waals surface area contributed by atoms with Crippen LogP contribution in [0.15, 0.2) is 36.4 Å². The number of carbonyl (C=O) groups is 3. The molecule has 152 valence electrons. The molecule has 2 rings (SSSR count). The summed E-state index contributed by atoms with van der Waals surface area (Å²) in [6.07, 6.45) is 0. The summed E-state index contributed by atoms with van der Waals surface area (Å²) < 4.78 is 29.3. The first-order valence-electron chi connectivity index (χ1n) is 7.54. The van der Waals surface area contributed by atoms with Gasteiger partial charge in [-0.25, -0.2) is 8.78 Å². The lowest BCUT2D eigenvalue weighted by molar-refractivity contribution is -0.156. The fraction of sp³-hybridized carbons (Fsp3) is 0.167. The second kappa shape index (κ2) is 12.6. The Labute approximate surface area is 170 Å². The highest BCUT2D eigenvalue weighted by Gasteiger charge is 2.03. The van der Waals surface area contributed by atoms with Crippen molar-refractivity contribution >= 4 is 52.4 Å². The maximum Gasteiger partial charge on any atom is 0.310 e. The number of amides is 1. The van der Waals surface area contributed by atoms with E-state index in [0.29, 0.717) is 10.0 Å². The molecule has 2 aromatic rings. The molecule has 0 bridgehead atoms. The minimum absolute atomic E-state index is 0.124. The Bertz CT molecular complexity index is 836. The number of hydrogen-bond donors (Lipinski definition) is 2. The monoisotopic (exact) mass is 434 g/mol. The summed E-state index contributed by atoms with van der Waals surface area (Å²) in [4.78, 5) is 30.2. The molecule has 3 N–H and O–H groups in total. The largest absolute Gasteiger partial charge is 0.396 e. The zero-order valence-corrected chi connectivity index (χ0v) is 16.7. The zero-order valence-electron chi connectivity index (χ0n) is 15.2. The average molecular weight is 435 g/mol.